The van der Waals surface area contributed by atoms with Crippen LogP contribution in [0.5, 0.6) is 0 Å². The lowest BCUT2D eigenvalue weighted by Crippen LogP contribution is -2.49. The van der Waals surface area contributed by atoms with E-state index < -0.39 is 15.9 Å². The van der Waals surface area contributed by atoms with Crippen LogP contribution in [0.3, 0.4) is 0 Å². The zero-order valence-corrected chi connectivity index (χ0v) is 22.1. The molecule has 0 radical (unpaired) electrons. The Morgan fingerprint density at radius 1 is 1.05 bits per heavy atom. The minimum absolute atomic E-state index is 0.233. The molecular formula is C24H31N7O4S2. The number of amides is 3. The second-order valence-electron chi connectivity index (χ2n) is 9.57. The summed E-state index contributed by atoms with van der Waals surface area (Å²) in [6.45, 7) is 4.85. The van der Waals surface area contributed by atoms with E-state index in [1.165, 1.54) is 11.3 Å². The number of piperazine rings is 1. The SMILES string of the molecule is NC(=O)N1CCN(Cc2cnc(NC(=O)C(=NN3CCCC3)c3ccc(S(=O)(=O)C4CC4)cc3)s2)CC1. The van der Waals surface area contributed by atoms with Crippen molar-refractivity contribution in [1.29, 1.82) is 0 Å². The zero-order valence-electron chi connectivity index (χ0n) is 20.5. The summed E-state index contributed by atoms with van der Waals surface area (Å²) >= 11 is 1.40. The lowest BCUT2D eigenvalue weighted by atomic mass is 10.1. The van der Waals surface area contributed by atoms with Gasteiger partial charge in [-0.2, -0.15) is 5.10 Å². The number of primary amides is 1. The van der Waals surface area contributed by atoms with E-state index in [2.05, 4.69) is 20.3 Å². The highest BCUT2D eigenvalue weighted by Crippen LogP contribution is 2.33. The molecule has 3 heterocycles. The molecule has 1 aromatic carbocycles. The maximum absolute atomic E-state index is 13.3. The molecule has 2 saturated heterocycles. The molecule has 2 aromatic rings. The summed E-state index contributed by atoms with van der Waals surface area (Å²) in [4.78, 5) is 34.1. The van der Waals surface area contributed by atoms with Crippen LogP contribution in [0.2, 0.25) is 0 Å². The van der Waals surface area contributed by atoms with Gasteiger partial charge in [0.2, 0.25) is 0 Å². The molecular weight excluding hydrogens is 514 g/mol. The van der Waals surface area contributed by atoms with E-state index in [4.69, 9.17) is 5.73 Å². The molecule has 0 bridgehead atoms. The standard InChI is InChI=1S/C24H31N7O4S2/c25-23(33)30-13-11-29(12-14-30)16-18-15-26-24(36-18)27-22(32)21(28-31-9-1-2-10-31)17-3-5-19(6-4-17)37(34,35)20-7-8-20/h3-6,15,20H,1-2,7-14,16H2,(H2,25,33)(H,26,27,32). The van der Waals surface area contributed by atoms with Crippen LogP contribution in [-0.2, 0) is 21.2 Å². The van der Waals surface area contributed by atoms with E-state index in [1.54, 1.807) is 35.4 Å². The number of nitrogens with zero attached hydrogens (tertiary/aromatic N) is 5. The zero-order chi connectivity index (χ0) is 26.0. The highest BCUT2D eigenvalue weighted by molar-refractivity contribution is 7.92. The van der Waals surface area contributed by atoms with Crippen molar-refractivity contribution in [3.05, 3.63) is 40.9 Å². The van der Waals surface area contributed by atoms with Crippen LogP contribution in [0.25, 0.3) is 0 Å². The van der Waals surface area contributed by atoms with Gasteiger partial charge < -0.3 is 10.6 Å². The van der Waals surface area contributed by atoms with Crippen molar-refractivity contribution in [3.63, 3.8) is 0 Å². The van der Waals surface area contributed by atoms with Gasteiger partial charge in [-0.25, -0.2) is 18.2 Å². The van der Waals surface area contributed by atoms with Crippen molar-refractivity contribution in [2.24, 2.45) is 10.8 Å². The molecule has 0 atom stereocenters. The number of urea groups is 1. The number of anilines is 1. The van der Waals surface area contributed by atoms with Crippen LogP contribution in [0.4, 0.5) is 9.93 Å². The Balaban J connectivity index is 1.27. The Kier molecular flexibility index (Phi) is 7.45. The second-order valence-corrected chi connectivity index (χ2v) is 12.9. The number of rotatable bonds is 8. The van der Waals surface area contributed by atoms with Crippen molar-refractivity contribution in [2.75, 3.05) is 44.6 Å². The molecule has 13 heteroatoms. The summed E-state index contributed by atoms with van der Waals surface area (Å²) in [6, 6.07) is 6.05. The fourth-order valence-corrected chi connectivity index (χ4v) is 7.00. The van der Waals surface area contributed by atoms with Crippen LogP contribution in [-0.4, -0.2) is 90.4 Å². The number of thiazole rings is 1. The summed E-state index contributed by atoms with van der Waals surface area (Å²) in [7, 11) is -3.31. The topological polar surface area (TPSA) is 141 Å². The van der Waals surface area contributed by atoms with Crippen molar-refractivity contribution in [2.45, 2.75) is 42.4 Å². The number of nitrogens with one attached hydrogen (secondary N) is 1. The molecule has 1 aromatic heterocycles. The third-order valence-corrected chi connectivity index (χ3v) is 9.97. The fraction of sp³-hybridized carbons (Fsp3) is 0.500. The molecule has 3 amide bonds. The number of hydrogen-bond acceptors (Lipinski definition) is 9. The van der Waals surface area contributed by atoms with Gasteiger partial charge in [0, 0.05) is 62.5 Å². The first-order valence-corrected chi connectivity index (χ1v) is 14.9. The number of nitrogens with two attached hydrogens (primary N) is 1. The smallest absolute Gasteiger partial charge is 0.314 e. The van der Waals surface area contributed by atoms with Crippen molar-refractivity contribution >= 4 is 44.0 Å². The van der Waals surface area contributed by atoms with E-state index >= 15 is 0 Å². The number of hydrazone groups is 1. The second kappa shape index (κ2) is 10.8. The molecule has 0 spiro atoms. The van der Waals surface area contributed by atoms with E-state index in [-0.39, 0.29) is 21.8 Å². The molecule has 5 rings (SSSR count). The van der Waals surface area contributed by atoms with Gasteiger partial charge in [-0.1, -0.05) is 12.1 Å². The number of benzene rings is 1. The molecule has 0 unspecified atom stereocenters. The largest absolute Gasteiger partial charge is 0.351 e. The van der Waals surface area contributed by atoms with Crippen molar-refractivity contribution < 1.29 is 18.0 Å². The maximum atomic E-state index is 13.3. The number of hydrogen-bond donors (Lipinski definition) is 2. The summed E-state index contributed by atoms with van der Waals surface area (Å²) < 4.78 is 25.1. The lowest BCUT2D eigenvalue weighted by Gasteiger charge is -2.33. The molecule has 3 fully saturated rings. The maximum Gasteiger partial charge on any atom is 0.314 e. The Morgan fingerprint density at radius 3 is 2.35 bits per heavy atom. The highest BCUT2D eigenvalue weighted by Gasteiger charge is 2.36. The Bertz CT molecular complexity index is 1270. The highest BCUT2D eigenvalue weighted by atomic mass is 32.2. The van der Waals surface area contributed by atoms with E-state index in [0.717, 1.165) is 43.9 Å². The van der Waals surface area contributed by atoms with E-state index in [9.17, 15) is 18.0 Å². The molecule has 1 aliphatic carbocycles. The normalized spacial score (nSPS) is 19.3. The average Bonchev–Trinajstić information content (AvgIpc) is 3.47. The Morgan fingerprint density at radius 2 is 1.73 bits per heavy atom. The van der Waals surface area contributed by atoms with Crippen LogP contribution in [0.15, 0.2) is 40.5 Å². The van der Waals surface area contributed by atoms with Gasteiger partial charge >= 0.3 is 6.03 Å². The summed E-state index contributed by atoms with van der Waals surface area (Å²) in [5.74, 6) is -0.388. The van der Waals surface area contributed by atoms with Gasteiger partial charge in [0.1, 0.15) is 0 Å². The lowest BCUT2D eigenvalue weighted by molar-refractivity contribution is -0.110. The molecule has 37 heavy (non-hydrogen) atoms. The van der Waals surface area contributed by atoms with Gasteiger partial charge in [0.05, 0.1) is 10.1 Å². The fourth-order valence-electron chi connectivity index (χ4n) is 4.49. The first-order chi connectivity index (χ1) is 17.8. The number of carbonyl (C=O) groups excluding carboxylic acids is 2. The number of aromatic nitrogens is 1. The average molecular weight is 546 g/mol. The first kappa shape index (κ1) is 25.6. The molecule has 3 aliphatic rings. The Hall–Kier alpha value is -3.03. The molecule has 11 nitrogen and oxygen atoms in total. The van der Waals surface area contributed by atoms with E-state index in [0.29, 0.717) is 43.2 Å². The first-order valence-electron chi connectivity index (χ1n) is 12.5. The summed E-state index contributed by atoms with van der Waals surface area (Å²) in [6.07, 6.45) is 5.18. The molecule has 3 N–H and O–H groups in total. The Labute approximate surface area is 220 Å². The minimum atomic E-state index is -3.31. The van der Waals surface area contributed by atoms with Crippen LogP contribution in [0, 0.1) is 0 Å². The summed E-state index contributed by atoms with van der Waals surface area (Å²) in [5, 5.41) is 9.55. The van der Waals surface area contributed by atoms with Gasteiger partial charge in [-0.3, -0.25) is 20.0 Å². The van der Waals surface area contributed by atoms with Gasteiger partial charge in [0.15, 0.2) is 20.7 Å². The molecule has 198 valence electrons. The monoisotopic (exact) mass is 545 g/mol. The third kappa shape index (κ3) is 6.11. The predicted molar refractivity (Wildman–Crippen MR) is 141 cm³/mol. The molecule has 1 saturated carbocycles. The predicted octanol–water partition coefficient (Wildman–Crippen LogP) is 1.71. The van der Waals surface area contributed by atoms with Gasteiger partial charge in [-0.15, -0.1) is 11.3 Å². The molecule has 2 aliphatic heterocycles. The van der Waals surface area contributed by atoms with Crippen molar-refractivity contribution in [3.8, 4) is 0 Å². The van der Waals surface area contributed by atoms with Gasteiger partial charge in [-0.05, 0) is 37.8 Å². The quantitative estimate of drug-likeness (QED) is 0.481. The summed E-state index contributed by atoms with van der Waals surface area (Å²) in [5.41, 5.74) is 6.15. The van der Waals surface area contributed by atoms with Crippen molar-refractivity contribution in [1.82, 2.24) is 19.8 Å². The van der Waals surface area contributed by atoms with Crippen LogP contribution in [0.1, 0.15) is 36.1 Å². The van der Waals surface area contributed by atoms with Gasteiger partial charge in [0.25, 0.3) is 5.91 Å². The number of carbonyl (C=O) groups is 2. The van der Waals surface area contributed by atoms with E-state index in [1.807, 2.05) is 5.01 Å². The third-order valence-electron chi connectivity index (χ3n) is 6.80. The van der Waals surface area contributed by atoms with Crippen LogP contribution < -0.4 is 11.1 Å². The number of sulfone groups is 1. The van der Waals surface area contributed by atoms with Crippen LogP contribution >= 0.6 is 11.3 Å². The minimum Gasteiger partial charge on any atom is -0.351 e.